The van der Waals surface area contributed by atoms with E-state index in [1.54, 1.807) is 24.8 Å². The number of morpholine rings is 1. The third-order valence-electron chi connectivity index (χ3n) is 7.55. The molecule has 2 fully saturated rings. The van der Waals surface area contributed by atoms with E-state index in [1.807, 2.05) is 42.2 Å². The lowest BCUT2D eigenvalue weighted by molar-refractivity contribution is -0.134. The fourth-order valence-corrected chi connectivity index (χ4v) is 6.89. The highest BCUT2D eigenvalue weighted by atomic mass is 31.2. The van der Waals surface area contributed by atoms with Crippen LogP contribution < -0.4 is 10.2 Å². The SMILES string of the molecule is CCCCOC(=O)N1CCN(C(=O)C(CP(=O)(OCC)OCC)NC(=O)c2cc(N3CCOCC3)nc(-c3ccccc3)n2)CC1. The molecule has 0 spiro atoms. The Morgan fingerprint density at radius 3 is 2.22 bits per heavy atom. The molecule has 1 aromatic carbocycles. The van der Waals surface area contributed by atoms with E-state index in [9.17, 15) is 18.9 Å². The molecule has 2 aliphatic rings. The van der Waals surface area contributed by atoms with E-state index in [-0.39, 0.29) is 51.2 Å². The van der Waals surface area contributed by atoms with Crippen molar-refractivity contribution in [2.24, 2.45) is 0 Å². The van der Waals surface area contributed by atoms with Crippen LogP contribution in [0.25, 0.3) is 11.4 Å². The Balaban J connectivity index is 1.58. The van der Waals surface area contributed by atoms with Crippen molar-refractivity contribution in [1.82, 2.24) is 25.1 Å². The minimum Gasteiger partial charge on any atom is -0.449 e. The monoisotopic (exact) mass is 660 g/mol. The van der Waals surface area contributed by atoms with Crippen LogP contribution in [0.4, 0.5) is 10.6 Å². The van der Waals surface area contributed by atoms with E-state index >= 15 is 0 Å². The average Bonchev–Trinajstić information content (AvgIpc) is 3.08. The van der Waals surface area contributed by atoms with E-state index in [0.29, 0.717) is 44.6 Å². The number of carbonyl (C=O) groups is 3. The summed E-state index contributed by atoms with van der Waals surface area (Å²) in [7, 11) is -3.76. The van der Waals surface area contributed by atoms with Gasteiger partial charge in [0.2, 0.25) is 5.91 Å². The summed E-state index contributed by atoms with van der Waals surface area (Å²) in [5.74, 6) is -0.182. The molecule has 1 N–H and O–H groups in total. The van der Waals surface area contributed by atoms with Crippen LogP contribution in [0.2, 0.25) is 0 Å². The number of benzene rings is 1. The van der Waals surface area contributed by atoms with Crippen LogP contribution in [0, 0.1) is 0 Å². The molecule has 1 aromatic heterocycles. The summed E-state index contributed by atoms with van der Waals surface area (Å²) < 4.78 is 35.4. The van der Waals surface area contributed by atoms with Gasteiger partial charge in [-0.1, -0.05) is 43.7 Å². The number of aromatic nitrogens is 2. The average molecular weight is 661 g/mol. The standard InChI is InChI=1S/C31H45N6O8P/c1-4-7-19-43-31(40)37-15-13-36(14-16-37)30(39)26(23-46(41,44-5-2)45-6-3)33-29(38)25-22-27(35-17-20-42-21-18-35)34-28(32-25)24-11-9-8-10-12-24/h8-12,22,26H,4-7,13-21,23H2,1-3H3,(H,33,38). The Hall–Kier alpha value is -3.58. The number of hydrogen-bond donors (Lipinski definition) is 1. The van der Waals surface area contributed by atoms with Crippen LogP contribution in [-0.4, -0.2) is 122 Å². The van der Waals surface area contributed by atoms with Crippen molar-refractivity contribution in [1.29, 1.82) is 0 Å². The number of anilines is 1. The van der Waals surface area contributed by atoms with Crippen molar-refractivity contribution in [2.45, 2.75) is 39.7 Å². The number of hydrogen-bond acceptors (Lipinski definition) is 11. The molecule has 15 heteroatoms. The predicted molar refractivity (Wildman–Crippen MR) is 172 cm³/mol. The van der Waals surface area contributed by atoms with Crippen LogP contribution in [0.1, 0.15) is 44.1 Å². The first-order chi connectivity index (χ1) is 22.3. The van der Waals surface area contributed by atoms with Gasteiger partial charge >= 0.3 is 13.7 Å². The van der Waals surface area contributed by atoms with Crippen molar-refractivity contribution >= 4 is 31.3 Å². The minimum atomic E-state index is -3.76. The maximum absolute atomic E-state index is 13.9. The summed E-state index contributed by atoms with van der Waals surface area (Å²) >= 11 is 0. The van der Waals surface area contributed by atoms with Crippen LogP contribution in [0.5, 0.6) is 0 Å². The molecule has 14 nitrogen and oxygen atoms in total. The van der Waals surface area contributed by atoms with Gasteiger partial charge in [-0.25, -0.2) is 14.8 Å². The molecule has 2 aromatic rings. The molecule has 0 saturated carbocycles. The highest BCUT2D eigenvalue weighted by Crippen LogP contribution is 2.48. The van der Waals surface area contributed by atoms with Gasteiger partial charge in [0, 0.05) is 50.9 Å². The number of carbonyl (C=O) groups excluding carboxylic acids is 3. The zero-order valence-electron chi connectivity index (χ0n) is 26.9. The third-order valence-corrected chi connectivity index (χ3v) is 9.66. The zero-order valence-corrected chi connectivity index (χ0v) is 27.8. The van der Waals surface area contributed by atoms with Gasteiger partial charge in [-0.3, -0.25) is 14.2 Å². The molecule has 2 saturated heterocycles. The summed E-state index contributed by atoms with van der Waals surface area (Å²) in [6.45, 7) is 9.11. The second kappa shape index (κ2) is 17.4. The molecule has 4 rings (SSSR count). The van der Waals surface area contributed by atoms with Crippen molar-refractivity contribution in [3.05, 3.63) is 42.1 Å². The van der Waals surface area contributed by atoms with Crippen LogP contribution in [0.15, 0.2) is 36.4 Å². The summed E-state index contributed by atoms with van der Waals surface area (Å²) in [5.41, 5.74) is 0.776. The third kappa shape index (κ3) is 9.71. The highest BCUT2D eigenvalue weighted by Gasteiger charge is 2.37. The second-order valence-corrected chi connectivity index (χ2v) is 12.9. The first kappa shape index (κ1) is 35.3. The fourth-order valence-electron chi connectivity index (χ4n) is 5.12. The first-order valence-corrected chi connectivity index (χ1v) is 17.7. The zero-order chi connectivity index (χ0) is 32.9. The molecule has 1 atom stereocenters. The maximum atomic E-state index is 13.9. The van der Waals surface area contributed by atoms with Gasteiger partial charge in [-0.05, 0) is 20.3 Å². The molecule has 0 bridgehead atoms. The molecule has 252 valence electrons. The van der Waals surface area contributed by atoms with Crippen molar-refractivity contribution < 1.29 is 37.5 Å². The van der Waals surface area contributed by atoms with Gasteiger partial charge in [-0.15, -0.1) is 0 Å². The van der Waals surface area contributed by atoms with Gasteiger partial charge in [0.15, 0.2) is 5.82 Å². The smallest absolute Gasteiger partial charge is 0.409 e. The molecule has 1 unspecified atom stereocenters. The second-order valence-electron chi connectivity index (χ2n) is 10.8. The lowest BCUT2D eigenvalue weighted by atomic mass is 10.2. The van der Waals surface area contributed by atoms with Gasteiger partial charge in [0.05, 0.1) is 39.2 Å². The number of amides is 3. The largest absolute Gasteiger partial charge is 0.449 e. The summed E-state index contributed by atoms with van der Waals surface area (Å²) in [6, 6.07) is 9.64. The number of ether oxygens (including phenoxy) is 2. The molecule has 46 heavy (non-hydrogen) atoms. The van der Waals surface area contributed by atoms with Gasteiger partial charge in [0.25, 0.3) is 5.91 Å². The maximum Gasteiger partial charge on any atom is 0.409 e. The lowest BCUT2D eigenvalue weighted by Crippen LogP contribution is -2.57. The molecule has 3 heterocycles. The van der Waals surface area contributed by atoms with Gasteiger partial charge in [-0.2, -0.15) is 0 Å². The fraction of sp³-hybridized carbons (Fsp3) is 0.581. The normalized spacial score (nSPS) is 16.2. The van der Waals surface area contributed by atoms with Crippen molar-refractivity contribution in [3.8, 4) is 11.4 Å². The first-order valence-electron chi connectivity index (χ1n) is 15.9. The highest BCUT2D eigenvalue weighted by molar-refractivity contribution is 7.54. The number of piperazine rings is 1. The molecule has 2 aliphatic heterocycles. The Labute approximate surface area is 270 Å². The predicted octanol–water partition coefficient (Wildman–Crippen LogP) is 3.43. The molecule has 0 aliphatic carbocycles. The number of rotatable bonds is 14. The quantitative estimate of drug-likeness (QED) is 0.234. The van der Waals surface area contributed by atoms with Crippen LogP contribution in [0.3, 0.4) is 0 Å². The summed E-state index contributed by atoms with van der Waals surface area (Å²) in [4.78, 5) is 54.6. The molecular weight excluding hydrogens is 615 g/mol. The summed E-state index contributed by atoms with van der Waals surface area (Å²) in [5, 5.41) is 2.78. The van der Waals surface area contributed by atoms with E-state index in [2.05, 4.69) is 10.3 Å². The number of nitrogens with zero attached hydrogens (tertiary/aromatic N) is 5. The van der Waals surface area contributed by atoms with Gasteiger partial charge in [0.1, 0.15) is 17.6 Å². The summed E-state index contributed by atoms with van der Waals surface area (Å²) in [6.07, 6.45) is 0.897. The molecule has 0 radical (unpaired) electrons. The molecule has 3 amide bonds. The van der Waals surface area contributed by atoms with Gasteiger partial charge < -0.3 is 38.5 Å². The van der Waals surface area contributed by atoms with E-state index in [4.69, 9.17) is 23.5 Å². The molecular formula is C31H45N6O8P. The van der Waals surface area contributed by atoms with Crippen molar-refractivity contribution in [3.63, 3.8) is 0 Å². The lowest BCUT2D eigenvalue weighted by Gasteiger charge is -2.36. The Bertz CT molecular complexity index is 1340. The van der Waals surface area contributed by atoms with E-state index in [0.717, 1.165) is 18.4 Å². The van der Waals surface area contributed by atoms with Crippen molar-refractivity contribution in [2.75, 3.05) is 83.4 Å². The minimum absolute atomic E-state index is 0.0513. The Morgan fingerprint density at radius 1 is 0.935 bits per heavy atom. The van der Waals surface area contributed by atoms with E-state index < -0.39 is 31.5 Å². The number of nitrogens with one attached hydrogen (secondary N) is 1. The Morgan fingerprint density at radius 2 is 1.59 bits per heavy atom. The van der Waals surface area contributed by atoms with E-state index in [1.165, 1.54) is 4.90 Å². The van der Waals surface area contributed by atoms with Crippen LogP contribution >= 0.6 is 7.60 Å². The van der Waals surface area contributed by atoms with Crippen LogP contribution in [-0.2, 0) is 27.9 Å². The number of unbranched alkanes of at least 4 members (excludes halogenated alkanes) is 1. The Kier molecular flexibility index (Phi) is 13.3. The topological polar surface area (TPSA) is 153 Å².